The first-order valence-electron chi connectivity index (χ1n) is 3.62. The molecule has 0 spiro atoms. The van der Waals surface area contributed by atoms with Crippen molar-refractivity contribution in [3.8, 4) is 0 Å². The molecule has 0 saturated carbocycles. The van der Waals surface area contributed by atoms with Crippen molar-refractivity contribution in [3.05, 3.63) is 0 Å². The first-order chi connectivity index (χ1) is 5.95. The fourth-order valence-electron chi connectivity index (χ4n) is 1.10. The number of nitrogens with two attached hydrogens (primary N) is 1. The molecule has 7 heteroatoms. The summed E-state index contributed by atoms with van der Waals surface area (Å²) in [6.07, 6.45) is -8.16. The van der Waals surface area contributed by atoms with Crippen LogP contribution in [0.15, 0.2) is 0 Å². The lowest BCUT2D eigenvalue weighted by molar-refractivity contribution is -0.275. The van der Waals surface area contributed by atoms with Crippen LogP contribution in [0.4, 0.5) is 0 Å². The van der Waals surface area contributed by atoms with E-state index in [4.69, 9.17) is 26.2 Å². The summed E-state index contributed by atoms with van der Waals surface area (Å²) < 4.78 is 4.46. The number of rotatable bonds is 1. The van der Waals surface area contributed by atoms with Crippen LogP contribution in [0.1, 0.15) is 0 Å². The molecule has 0 aromatic heterocycles. The van der Waals surface area contributed by atoms with Crippen LogP contribution in [0.3, 0.4) is 0 Å². The van der Waals surface area contributed by atoms with Gasteiger partial charge in [0.15, 0.2) is 12.4 Å². The highest BCUT2D eigenvalue weighted by atomic mass is 16.6. The van der Waals surface area contributed by atoms with Gasteiger partial charge in [0.25, 0.3) is 0 Å². The average molecular weight is 193 g/mol. The Morgan fingerprint density at radius 1 is 1.08 bits per heavy atom. The van der Waals surface area contributed by atoms with Crippen LogP contribution < -0.4 is 5.73 Å². The molecule has 7 nitrogen and oxygen atoms in total. The molecule has 1 aliphatic heterocycles. The van der Waals surface area contributed by atoms with E-state index in [9.17, 15) is 4.79 Å². The highest BCUT2D eigenvalue weighted by molar-refractivity contribution is 5.79. The second-order valence-electron chi connectivity index (χ2n) is 2.82. The van der Waals surface area contributed by atoms with E-state index in [1.54, 1.807) is 0 Å². The van der Waals surface area contributed by atoms with Crippen LogP contribution in [0.2, 0.25) is 0 Å². The first kappa shape index (κ1) is 10.4. The Bertz CT molecular complexity index is 209. The van der Waals surface area contributed by atoms with Crippen LogP contribution in [0.5, 0.6) is 0 Å². The lowest BCUT2D eigenvalue weighted by Crippen LogP contribution is -2.60. The lowest BCUT2D eigenvalue weighted by atomic mass is 9.99. The van der Waals surface area contributed by atoms with E-state index in [1.807, 2.05) is 0 Å². The Balaban J connectivity index is 2.76. The van der Waals surface area contributed by atoms with Crippen molar-refractivity contribution < 1.29 is 30.0 Å². The van der Waals surface area contributed by atoms with E-state index < -0.39 is 36.6 Å². The normalized spacial score (nSPS) is 46.0. The maximum Gasteiger partial charge on any atom is 0.249 e. The van der Waals surface area contributed by atoms with Gasteiger partial charge in [-0.3, -0.25) is 4.79 Å². The minimum atomic E-state index is -1.73. The molecule has 0 bridgehead atoms. The molecule has 1 unspecified atom stereocenters. The summed E-state index contributed by atoms with van der Waals surface area (Å²) in [4.78, 5) is 10.6. The second-order valence-corrected chi connectivity index (χ2v) is 2.82. The zero-order valence-electron chi connectivity index (χ0n) is 6.57. The minimum Gasteiger partial charge on any atom is -0.387 e. The third-order valence-electron chi connectivity index (χ3n) is 1.87. The molecule has 1 rings (SSSR count). The van der Waals surface area contributed by atoms with E-state index >= 15 is 0 Å². The minimum absolute atomic E-state index is 1.02. The first-order valence-corrected chi connectivity index (χ1v) is 3.62. The van der Waals surface area contributed by atoms with Gasteiger partial charge in [-0.05, 0) is 0 Å². The number of hydrogen-bond donors (Lipinski definition) is 5. The number of aliphatic hydroxyl groups excluding tert-OH is 4. The van der Waals surface area contributed by atoms with Gasteiger partial charge < -0.3 is 30.9 Å². The Kier molecular flexibility index (Phi) is 2.84. The van der Waals surface area contributed by atoms with Gasteiger partial charge in [-0.15, -0.1) is 0 Å². The zero-order chi connectivity index (χ0) is 10.2. The Morgan fingerprint density at radius 3 is 2.08 bits per heavy atom. The Morgan fingerprint density at radius 2 is 1.62 bits per heavy atom. The molecule has 0 aromatic rings. The van der Waals surface area contributed by atoms with E-state index in [-0.39, 0.29) is 0 Å². The number of aliphatic hydroxyl groups is 4. The maximum absolute atomic E-state index is 10.6. The van der Waals surface area contributed by atoms with Crippen LogP contribution in [-0.2, 0) is 9.53 Å². The SMILES string of the molecule is NC(=O)[C@H]1OC(O)[C@H](O)[C@@H](O)[C@H]1O. The number of ether oxygens (including phenoxy) is 1. The molecule has 13 heavy (non-hydrogen) atoms. The second kappa shape index (κ2) is 3.56. The third-order valence-corrected chi connectivity index (χ3v) is 1.87. The van der Waals surface area contributed by atoms with Crippen molar-refractivity contribution in [1.29, 1.82) is 0 Å². The largest absolute Gasteiger partial charge is 0.387 e. The van der Waals surface area contributed by atoms with Gasteiger partial charge in [0.1, 0.15) is 18.3 Å². The standard InChI is InChI=1S/C6H11NO6/c7-5(11)4-2(9)1(8)3(10)6(12)13-4/h1-4,6,8-10,12H,(H2,7,11)/t1-,2+,3+,4-,6?/m0/s1. The summed E-state index contributed by atoms with van der Waals surface area (Å²) in [6.45, 7) is 0. The number of hydrogen-bond acceptors (Lipinski definition) is 6. The van der Waals surface area contributed by atoms with E-state index in [0.717, 1.165) is 0 Å². The summed E-state index contributed by atoms with van der Waals surface area (Å²) in [5.74, 6) is -1.02. The highest BCUT2D eigenvalue weighted by Crippen LogP contribution is 2.19. The predicted octanol–water partition coefficient (Wildman–Crippen LogP) is -3.73. The van der Waals surface area contributed by atoms with E-state index in [2.05, 4.69) is 4.74 Å². The lowest BCUT2D eigenvalue weighted by Gasteiger charge is -2.36. The van der Waals surface area contributed by atoms with Crippen LogP contribution >= 0.6 is 0 Å². The number of carbonyl (C=O) groups is 1. The van der Waals surface area contributed by atoms with Crippen molar-refractivity contribution in [2.45, 2.75) is 30.7 Å². The monoisotopic (exact) mass is 193 g/mol. The van der Waals surface area contributed by atoms with Gasteiger partial charge in [-0.2, -0.15) is 0 Å². The molecule has 76 valence electrons. The van der Waals surface area contributed by atoms with Crippen LogP contribution in [-0.4, -0.2) is 57.0 Å². The molecule has 1 heterocycles. The Labute approximate surface area is 73.4 Å². The maximum atomic E-state index is 10.6. The molecule has 0 aliphatic carbocycles. The fourth-order valence-corrected chi connectivity index (χ4v) is 1.10. The molecule has 1 fully saturated rings. The van der Waals surface area contributed by atoms with Gasteiger partial charge >= 0.3 is 0 Å². The van der Waals surface area contributed by atoms with Crippen molar-refractivity contribution in [1.82, 2.24) is 0 Å². The molecule has 5 atom stereocenters. The number of primary amides is 1. The molecule has 0 aromatic carbocycles. The molecule has 6 N–H and O–H groups in total. The predicted molar refractivity (Wildman–Crippen MR) is 38.1 cm³/mol. The topological polar surface area (TPSA) is 133 Å². The van der Waals surface area contributed by atoms with Gasteiger partial charge in [-0.25, -0.2) is 0 Å². The number of amides is 1. The summed E-state index contributed by atoms with van der Waals surface area (Å²) in [5, 5.41) is 36.2. The fraction of sp³-hybridized carbons (Fsp3) is 0.833. The van der Waals surface area contributed by atoms with Crippen molar-refractivity contribution in [3.63, 3.8) is 0 Å². The zero-order valence-corrected chi connectivity index (χ0v) is 6.57. The molecular formula is C6H11NO6. The van der Waals surface area contributed by atoms with Crippen molar-refractivity contribution in [2.75, 3.05) is 0 Å². The summed E-state index contributed by atoms with van der Waals surface area (Å²) in [7, 11) is 0. The smallest absolute Gasteiger partial charge is 0.249 e. The average Bonchev–Trinajstić information content (AvgIpc) is 2.07. The highest BCUT2D eigenvalue weighted by Gasteiger charge is 2.45. The van der Waals surface area contributed by atoms with Gasteiger partial charge in [0.05, 0.1) is 0 Å². The van der Waals surface area contributed by atoms with Crippen LogP contribution in [0, 0.1) is 0 Å². The van der Waals surface area contributed by atoms with E-state index in [0.29, 0.717) is 0 Å². The Hall–Kier alpha value is -0.730. The quantitative estimate of drug-likeness (QED) is 0.291. The van der Waals surface area contributed by atoms with E-state index in [1.165, 1.54) is 0 Å². The van der Waals surface area contributed by atoms with Gasteiger partial charge in [0, 0.05) is 0 Å². The molecule has 1 aliphatic rings. The number of carbonyl (C=O) groups excluding carboxylic acids is 1. The summed E-state index contributed by atoms with van der Waals surface area (Å²) >= 11 is 0. The molecule has 1 amide bonds. The van der Waals surface area contributed by atoms with Gasteiger partial charge in [-0.1, -0.05) is 0 Å². The molecule has 1 saturated heterocycles. The van der Waals surface area contributed by atoms with Crippen molar-refractivity contribution >= 4 is 5.91 Å². The molecular weight excluding hydrogens is 182 g/mol. The summed E-state index contributed by atoms with van der Waals surface area (Å²) in [5.41, 5.74) is 4.80. The third kappa shape index (κ3) is 1.79. The summed E-state index contributed by atoms with van der Waals surface area (Å²) in [6, 6.07) is 0. The van der Waals surface area contributed by atoms with Gasteiger partial charge in [0.2, 0.25) is 5.91 Å². The molecule has 0 radical (unpaired) electrons. The van der Waals surface area contributed by atoms with Crippen LogP contribution in [0.25, 0.3) is 0 Å². The van der Waals surface area contributed by atoms with Crippen molar-refractivity contribution in [2.24, 2.45) is 5.73 Å².